The van der Waals surface area contributed by atoms with Gasteiger partial charge in [0.1, 0.15) is 0 Å². The van der Waals surface area contributed by atoms with Crippen molar-refractivity contribution in [1.29, 1.82) is 0 Å². The molecule has 0 spiro atoms. The van der Waals surface area contributed by atoms with E-state index in [1.54, 1.807) is 12.1 Å². The van der Waals surface area contributed by atoms with Crippen LogP contribution in [0.5, 0.6) is 0 Å². The molecule has 7 heteroatoms. The Labute approximate surface area is 128 Å². The van der Waals surface area contributed by atoms with Crippen molar-refractivity contribution in [3.05, 3.63) is 22.7 Å². The van der Waals surface area contributed by atoms with Crippen LogP contribution in [0, 0.1) is 0 Å². The molecule has 1 aliphatic rings. The third-order valence-electron chi connectivity index (χ3n) is 3.64. The maximum absolute atomic E-state index is 12.3. The van der Waals surface area contributed by atoms with E-state index in [1.165, 1.54) is 6.07 Å². The van der Waals surface area contributed by atoms with E-state index in [2.05, 4.69) is 32.5 Å². The van der Waals surface area contributed by atoms with Crippen molar-refractivity contribution in [2.75, 3.05) is 25.4 Å². The lowest BCUT2D eigenvalue weighted by Gasteiger charge is -2.31. The molecule has 1 aromatic carbocycles. The SMILES string of the molecule is CCN1CCC(NS(=O)(=O)c2ccc(N)c(Br)c2)CC1. The lowest BCUT2D eigenvalue weighted by molar-refractivity contribution is 0.217. The Hall–Kier alpha value is -0.630. The molecule has 2 rings (SSSR count). The van der Waals surface area contributed by atoms with Gasteiger partial charge >= 0.3 is 0 Å². The number of piperidine rings is 1. The van der Waals surface area contributed by atoms with Crippen molar-refractivity contribution < 1.29 is 8.42 Å². The van der Waals surface area contributed by atoms with Crippen LogP contribution in [0.3, 0.4) is 0 Å². The second kappa shape index (κ2) is 6.43. The number of benzene rings is 1. The highest BCUT2D eigenvalue weighted by atomic mass is 79.9. The van der Waals surface area contributed by atoms with Crippen LogP contribution >= 0.6 is 15.9 Å². The first-order valence-electron chi connectivity index (χ1n) is 6.72. The average Bonchev–Trinajstić information content (AvgIpc) is 2.42. The molecule has 0 saturated carbocycles. The predicted molar refractivity (Wildman–Crippen MR) is 84.0 cm³/mol. The van der Waals surface area contributed by atoms with Gasteiger partial charge in [-0.2, -0.15) is 0 Å². The summed E-state index contributed by atoms with van der Waals surface area (Å²) in [5, 5.41) is 0. The number of nitrogens with zero attached hydrogens (tertiary/aromatic N) is 1. The molecule has 0 unspecified atom stereocenters. The molecule has 5 nitrogen and oxygen atoms in total. The van der Waals surface area contributed by atoms with E-state index in [1.807, 2.05) is 0 Å². The van der Waals surface area contributed by atoms with Crippen LogP contribution in [0.2, 0.25) is 0 Å². The van der Waals surface area contributed by atoms with E-state index >= 15 is 0 Å². The predicted octanol–water partition coefficient (Wildman–Crippen LogP) is 1.79. The first kappa shape index (κ1) is 15.8. The van der Waals surface area contributed by atoms with Gasteiger partial charge in [-0.25, -0.2) is 13.1 Å². The molecule has 1 saturated heterocycles. The third kappa shape index (κ3) is 3.72. The first-order valence-corrected chi connectivity index (χ1v) is 8.99. The number of likely N-dealkylation sites (tertiary alicyclic amines) is 1. The summed E-state index contributed by atoms with van der Waals surface area (Å²) in [5.41, 5.74) is 6.21. The maximum atomic E-state index is 12.3. The van der Waals surface area contributed by atoms with Crippen LogP contribution in [-0.2, 0) is 10.0 Å². The number of hydrogen-bond acceptors (Lipinski definition) is 4. The van der Waals surface area contributed by atoms with Crippen molar-refractivity contribution in [2.45, 2.75) is 30.7 Å². The Bertz CT molecular complexity index is 569. The van der Waals surface area contributed by atoms with Gasteiger partial charge in [-0.3, -0.25) is 0 Å². The van der Waals surface area contributed by atoms with Gasteiger partial charge in [0.05, 0.1) is 4.90 Å². The van der Waals surface area contributed by atoms with E-state index in [-0.39, 0.29) is 10.9 Å². The fourth-order valence-electron chi connectivity index (χ4n) is 2.33. The standard InChI is InChI=1S/C13H20BrN3O2S/c1-2-17-7-5-10(6-8-17)16-20(18,19)11-3-4-13(15)12(14)9-11/h3-4,9-10,16H,2,5-8,15H2,1H3. The summed E-state index contributed by atoms with van der Waals surface area (Å²) >= 11 is 3.26. The lowest BCUT2D eigenvalue weighted by atomic mass is 10.1. The van der Waals surface area contributed by atoms with Crippen LogP contribution in [0.4, 0.5) is 5.69 Å². The van der Waals surface area contributed by atoms with E-state index in [9.17, 15) is 8.42 Å². The zero-order chi connectivity index (χ0) is 14.8. The Kier molecular flexibility index (Phi) is 5.06. The molecular weight excluding hydrogens is 342 g/mol. The van der Waals surface area contributed by atoms with Gasteiger partial charge in [0, 0.05) is 16.2 Å². The summed E-state index contributed by atoms with van der Waals surface area (Å²) < 4.78 is 28.0. The molecule has 0 radical (unpaired) electrons. The first-order chi connectivity index (χ1) is 9.42. The number of anilines is 1. The Morgan fingerprint density at radius 3 is 2.60 bits per heavy atom. The average molecular weight is 362 g/mol. The molecule has 3 N–H and O–H groups in total. The normalized spacial score (nSPS) is 18.3. The molecule has 0 bridgehead atoms. The molecule has 0 aliphatic carbocycles. The Morgan fingerprint density at radius 2 is 2.05 bits per heavy atom. The smallest absolute Gasteiger partial charge is 0.240 e. The number of sulfonamides is 1. The fourth-order valence-corrected chi connectivity index (χ4v) is 4.19. The Morgan fingerprint density at radius 1 is 1.40 bits per heavy atom. The van der Waals surface area contributed by atoms with Crippen molar-refractivity contribution in [3.63, 3.8) is 0 Å². The van der Waals surface area contributed by atoms with Crippen LogP contribution in [0.25, 0.3) is 0 Å². The zero-order valence-corrected chi connectivity index (χ0v) is 13.9. The monoisotopic (exact) mass is 361 g/mol. The summed E-state index contributed by atoms with van der Waals surface area (Å²) in [6, 6.07) is 4.68. The maximum Gasteiger partial charge on any atom is 0.240 e. The second-order valence-corrected chi connectivity index (χ2v) is 7.58. The topological polar surface area (TPSA) is 75.4 Å². The highest BCUT2D eigenvalue weighted by molar-refractivity contribution is 9.10. The number of nitrogens with two attached hydrogens (primary N) is 1. The lowest BCUT2D eigenvalue weighted by Crippen LogP contribution is -2.44. The molecule has 1 heterocycles. The van der Waals surface area contributed by atoms with Crippen molar-refractivity contribution >= 4 is 31.6 Å². The summed E-state index contributed by atoms with van der Waals surface area (Å²) in [6.07, 6.45) is 1.70. The van der Waals surface area contributed by atoms with Crippen LogP contribution in [0.15, 0.2) is 27.6 Å². The van der Waals surface area contributed by atoms with Gasteiger partial charge in [-0.05, 0) is 66.6 Å². The van der Waals surface area contributed by atoms with Gasteiger partial charge in [0.15, 0.2) is 0 Å². The molecular formula is C13H20BrN3O2S. The minimum atomic E-state index is -3.48. The van der Waals surface area contributed by atoms with E-state index in [0.717, 1.165) is 32.5 Å². The minimum absolute atomic E-state index is 0.0131. The Balaban J connectivity index is 2.06. The summed E-state index contributed by atoms with van der Waals surface area (Å²) in [4.78, 5) is 2.57. The van der Waals surface area contributed by atoms with Gasteiger partial charge in [-0.1, -0.05) is 6.92 Å². The van der Waals surface area contributed by atoms with Crippen LogP contribution < -0.4 is 10.5 Å². The highest BCUT2D eigenvalue weighted by Gasteiger charge is 2.24. The third-order valence-corrected chi connectivity index (χ3v) is 5.84. The number of halogens is 1. The van der Waals surface area contributed by atoms with Gasteiger partial charge in [0.25, 0.3) is 0 Å². The second-order valence-electron chi connectivity index (χ2n) is 5.01. The largest absolute Gasteiger partial charge is 0.398 e. The van der Waals surface area contributed by atoms with Gasteiger partial charge in [0.2, 0.25) is 10.0 Å². The molecule has 112 valence electrons. The number of nitrogen functional groups attached to an aromatic ring is 1. The van der Waals surface area contributed by atoms with Crippen molar-refractivity contribution in [1.82, 2.24) is 9.62 Å². The highest BCUT2D eigenvalue weighted by Crippen LogP contribution is 2.23. The van der Waals surface area contributed by atoms with Crippen molar-refractivity contribution in [2.24, 2.45) is 0 Å². The van der Waals surface area contributed by atoms with E-state index in [4.69, 9.17) is 5.73 Å². The van der Waals surface area contributed by atoms with Gasteiger partial charge < -0.3 is 10.6 Å². The summed E-state index contributed by atoms with van der Waals surface area (Å²) in [5.74, 6) is 0. The molecule has 1 aliphatic heterocycles. The molecule has 1 fully saturated rings. The van der Waals surface area contributed by atoms with E-state index in [0.29, 0.717) is 10.2 Å². The van der Waals surface area contributed by atoms with Crippen LogP contribution in [-0.4, -0.2) is 39.0 Å². The van der Waals surface area contributed by atoms with Crippen molar-refractivity contribution in [3.8, 4) is 0 Å². The molecule has 0 atom stereocenters. The number of hydrogen-bond donors (Lipinski definition) is 2. The number of rotatable bonds is 4. The van der Waals surface area contributed by atoms with E-state index < -0.39 is 10.0 Å². The van der Waals surface area contributed by atoms with Crippen LogP contribution in [0.1, 0.15) is 19.8 Å². The summed E-state index contributed by atoms with van der Waals surface area (Å²) in [7, 11) is -3.48. The van der Waals surface area contributed by atoms with Gasteiger partial charge in [-0.15, -0.1) is 0 Å². The molecule has 0 amide bonds. The molecule has 0 aromatic heterocycles. The molecule has 20 heavy (non-hydrogen) atoms. The molecule has 1 aromatic rings. The fraction of sp³-hybridized carbons (Fsp3) is 0.538. The minimum Gasteiger partial charge on any atom is -0.398 e. The quantitative estimate of drug-likeness (QED) is 0.801. The zero-order valence-electron chi connectivity index (χ0n) is 11.5. The summed E-state index contributed by atoms with van der Waals surface area (Å²) in [6.45, 7) is 5.02. The number of nitrogens with one attached hydrogen (secondary N) is 1.